The first-order chi connectivity index (χ1) is 17.6. The highest BCUT2D eigenvalue weighted by Crippen LogP contribution is 2.39. The van der Waals surface area contributed by atoms with E-state index in [4.69, 9.17) is 16.3 Å². The molecule has 0 spiro atoms. The number of nitrogens with one attached hydrogen (secondary N) is 2. The standard InChI is InChI=1S/C26H23Br2ClN4O4/c1-33(2)16-10-8-15(9-11-16)12-21(31-25(35)17-6-4-5-7-20(17)29)26(36)32-30-14-18-23(28)19(27)13-22(37-3)24(18)34/h4-14,34H,1-3H3,(H,31,35)(H,32,36)/b21-12+,30-14+. The van der Waals surface area contributed by atoms with Crippen LogP contribution >= 0.6 is 43.5 Å². The molecule has 0 aromatic heterocycles. The molecular formula is C26H23Br2ClN4O4. The summed E-state index contributed by atoms with van der Waals surface area (Å²) in [5.74, 6) is -1.19. The van der Waals surface area contributed by atoms with Gasteiger partial charge in [0.1, 0.15) is 5.70 Å². The summed E-state index contributed by atoms with van der Waals surface area (Å²) in [5, 5.41) is 17.3. The summed E-state index contributed by atoms with van der Waals surface area (Å²) in [4.78, 5) is 27.9. The zero-order chi connectivity index (χ0) is 27.1. The largest absolute Gasteiger partial charge is 0.504 e. The van der Waals surface area contributed by atoms with Gasteiger partial charge in [-0.3, -0.25) is 9.59 Å². The van der Waals surface area contributed by atoms with Crippen LogP contribution in [0.2, 0.25) is 5.02 Å². The predicted molar refractivity (Wildman–Crippen MR) is 153 cm³/mol. The van der Waals surface area contributed by atoms with Crippen molar-refractivity contribution in [2.24, 2.45) is 5.10 Å². The SMILES string of the molecule is COc1cc(Br)c(Br)c(/C=N/NC(=O)/C(=C\c2ccc(N(C)C)cc2)NC(=O)c2ccccc2Cl)c1O. The van der Waals surface area contributed by atoms with Gasteiger partial charge in [-0.05, 0) is 73.8 Å². The number of ether oxygens (including phenoxy) is 1. The predicted octanol–water partition coefficient (Wildman–Crippen LogP) is 5.57. The second-order valence-corrected chi connectivity index (χ2v) is 9.87. The minimum absolute atomic E-state index is 0.0604. The molecule has 3 N–H and O–H groups in total. The molecule has 0 saturated heterocycles. The van der Waals surface area contributed by atoms with Gasteiger partial charge in [-0.15, -0.1) is 0 Å². The molecule has 192 valence electrons. The molecule has 11 heteroatoms. The summed E-state index contributed by atoms with van der Waals surface area (Å²) in [5.41, 5.74) is 4.46. The number of methoxy groups -OCH3 is 1. The number of anilines is 1. The van der Waals surface area contributed by atoms with Crippen molar-refractivity contribution in [3.05, 3.63) is 91.0 Å². The molecule has 0 unspecified atom stereocenters. The van der Waals surface area contributed by atoms with Crippen molar-refractivity contribution < 1.29 is 19.4 Å². The van der Waals surface area contributed by atoms with E-state index in [1.807, 2.05) is 43.3 Å². The fourth-order valence-electron chi connectivity index (χ4n) is 3.13. The molecule has 0 atom stereocenters. The average molecular weight is 651 g/mol. The normalized spacial score (nSPS) is 11.4. The lowest BCUT2D eigenvalue weighted by atomic mass is 10.1. The lowest BCUT2D eigenvalue weighted by molar-refractivity contribution is -0.117. The third-order valence-corrected chi connectivity index (χ3v) is 7.45. The fourth-order valence-corrected chi connectivity index (χ4v) is 4.18. The highest BCUT2D eigenvalue weighted by atomic mass is 79.9. The molecule has 0 aliphatic rings. The van der Waals surface area contributed by atoms with Crippen LogP contribution in [0.15, 0.2) is 74.3 Å². The van der Waals surface area contributed by atoms with Crippen LogP contribution < -0.4 is 20.4 Å². The number of halogens is 3. The first-order valence-electron chi connectivity index (χ1n) is 10.8. The summed E-state index contributed by atoms with van der Waals surface area (Å²) >= 11 is 12.9. The van der Waals surface area contributed by atoms with Gasteiger partial charge in [0.05, 0.1) is 29.5 Å². The Morgan fingerprint density at radius 2 is 1.78 bits per heavy atom. The van der Waals surface area contributed by atoms with Gasteiger partial charge in [0.2, 0.25) is 0 Å². The molecule has 37 heavy (non-hydrogen) atoms. The summed E-state index contributed by atoms with van der Waals surface area (Å²) in [6, 6.07) is 15.5. The molecule has 0 heterocycles. The van der Waals surface area contributed by atoms with Crippen LogP contribution in [0.25, 0.3) is 6.08 Å². The van der Waals surface area contributed by atoms with E-state index in [9.17, 15) is 14.7 Å². The minimum Gasteiger partial charge on any atom is -0.504 e. The number of aromatic hydroxyl groups is 1. The number of phenols is 1. The van der Waals surface area contributed by atoms with Crippen molar-refractivity contribution in [1.29, 1.82) is 0 Å². The topological polar surface area (TPSA) is 103 Å². The van der Waals surface area contributed by atoms with E-state index in [2.05, 4.69) is 47.7 Å². The van der Waals surface area contributed by atoms with E-state index in [0.29, 0.717) is 14.5 Å². The highest BCUT2D eigenvalue weighted by molar-refractivity contribution is 9.13. The maximum Gasteiger partial charge on any atom is 0.287 e. The zero-order valence-corrected chi connectivity index (χ0v) is 24.0. The van der Waals surface area contributed by atoms with E-state index >= 15 is 0 Å². The van der Waals surface area contributed by atoms with E-state index < -0.39 is 11.8 Å². The van der Waals surface area contributed by atoms with Gasteiger partial charge in [-0.1, -0.05) is 35.9 Å². The summed E-state index contributed by atoms with van der Waals surface area (Å²) in [6.45, 7) is 0. The number of amides is 2. The molecule has 0 radical (unpaired) electrons. The van der Waals surface area contributed by atoms with Crippen molar-refractivity contribution >= 4 is 73.3 Å². The molecule has 2 amide bonds. The molecule has 0 aliphatic carbocycles. The Morgan fingerprint density at radius 1 is 1.11 bits per heavy atom. The van der Waals surface area contributed by atoms with Crippen molar-refractivity contribution in [3.63, 3.8) is 0 Å². The molecule has 0 bridgehead atoms. The lowest BCUT2D eigenvalue weighted by Crippen LogP contribution is -2.33. The van der Waals surface area contributed by atoms with Crippen LogP contribution in [-0.4, -0.2) is 44.3 Å². The number of hydrogen-bond donors (Lipinski definition) is 3. The summed E-state index contributed by atoms with van der Waals surface area (Å²) in [7, 11) is 5.26. The Labute approximate surface area is 236 Å². The number of hydrazone groups is 1. The molecule has 3 aromatic carbocycles. The monoisotopic (exact) mass is 648 g/mol. The van der Waals surface area contributed by atoms with E-state index in [1.165, 1.54) is 19.4 Å². The van der Waals surface area contributed by atoms with Crippen LogP contribution in [0.4, 0.5) is 5.69 Å². The van der Waals surface area contributed by atoms with Gasteiger partial charge < -0.3 is 20.1 Å². The maximum absolute atomic E-state index is 13.1. The Hall–Kier alpha value is -3.34. The van der Waals surface area contributed by atoms with Gasteiger partial charge in [0.25, 0.3) is 11.8 Å². The molecule has 3 rings (SSSR count). The Morgan fingerprint density at radius 3 is 2.41 bits per heavy atom. The number of hydrogen-bond acceptors (Lipinski definition) is 6. The van der Waals surface area contributed by atoms with E-state index in [0.717, 1.165) is 5.69 Å². The number of nitrogens with zero attached hydrogens (tertiary/aromatic N) is 2. The van der Waals surface area contributed by atoms with Gasteiger partial charge in [0.15, 0.2) is 11.5 Å². The third-order valence-electron chi connectivity index (χ3n) is 5.10. The quantitative estimate of drug-likeness (QED) is 0.168. The lowest BCUT2D eigenvalue weighted by Gasteiger charge is -2.13. The van der Waals surface area contributed by atoms with Crippen molar-refractivity contribution in [1.82, 2.24) is 10.7 Å². The van der Waals surface area contributed by atoms with E-state index in [1.54, 1.807) is 30.3 Å². The molecule has 0 saturated carbocycles. The van der Waals surface area contributed by atoms with Gasteiger partial charge in [0, 0.05) is 28.7 Å². The number of phenolic OH excluding ortho intramolecular Hbond substituents is 1. The van der Waals surface area contributed by atoms with Crippen LogP contribution in [-0.2, 0) is 4.79 Å². The van der Waals surface area contributed by atoms with Crippen molar-refractivity contribution in [3.8, 4) is 11.5 Å². The maximum atomic E-state index is 13.1. The van der Waals surface area contributed by atoms with Crippen LogP contribution in [0.1, 0.15) is 21.5 Å². The summed E-state index contributed by atoms with van der Waals surface area (Å²) in [6.07, 6.45) is 2.78. The van der Waals surface area contributed by atoms with Gasteiger partial charge >= 0.3 is 0 Å². The first-order valence-corrected chi connectivity index (χ1v) is 12.7. The molecule has 3 aromatic rings. The van der Waals surface area contributed by atoms with Crippen molar-refractivity contribution in [2.45, 2.75) is 0 Å². The zero-order valence-electron chi connectivity index (χ0n) is 20.1. The molecule has 8 nitrogen and oxygen atoms in total. The number of carbonyl (C=O) groups is 2. The van der Waals surface area contributed by atoms with Gasteiger partial charge in [-0.25, -0.2) is 5.43 Å². The summed E-state index contributed by atoms with van der Waals surface area (Å²) < 4.78 is 6.27. The minimum atomic E-state index is -0.689. The Bertz CT molecular complexity index is 1380. The molecular weight excluding hydrogens is 628 g/mol. The highest BCUT2D eigenvalue weighted by Gasteiger charge is 2.17. The van der Waals surface area contributed by atoms with E-state index in [-0.39, 0.29) is 33.3 Å². The van der Waals surface area contributed by atoms with Crippen LogP contribution in [0.3, 0.4) is 0 Å². The Kier molecular flexibility index (Phi) is 9.73. The molecule has 0 aliphatic heterocycles. The second-order valence-electron chi connectivity index (χ2n) is 7.81. The number of rotatable bonds is 8. The number of carbonyl (C=O) groups excluding carboxylic acids is 2. The van der Waals surface area contributed by atoms with Gasteiger partial charge in [-0.2, -0.15) is 5.10 Å². The smallest absolute Gasteiger partial charge is 0.287 e. The average Bonchev–Trinajstić information content (AvgIpc) is 2.88. The fraction of sp³-hybridized carbons (Fsp3) is 0.115. The first kappa shape index (κ1) is 28.2. The Balaban J connectivity index is 1.90. The third kappa shape index (κ3) is 7.12. The van der Waals surface area contributed by atoms with Crippen molar-refractivity contribution in [2.75, 3.05) is 26.1 Å². The van der Waals surface area contributed by atoms with Crippen LogP contribution in [0.5, 0.6) is 11.5 Å². The number of benzene rings is 3. The molecule has 0 fully saturated rings. The second kappa shape index (κ2) is 12.8. The van der Waals surface area contributed by atoms with Crippen LogP contribution in [0, 0.1) is 0 Å².